The maximum atomic E-state index is 2.72. The van der Waals surface area contributed by atoms with Gasteiger partial charge in [0.2, 0.25) is 0 Å². The van der Waals surface area contributed by atoms with E-state index >= 15 is 0 Å². The average Bonchev–Trinajstić information content (AvgIpc) is 2.55. The molecule has 0 unspecified atom stereocenters. The third kappa shape index (κ3) is 3.41. The minimum Gasteiger partial charge on any atom is -0.303 e. The summed E-state index contributed by atoms with van der Waals surface area (Å²) in [4.78, 5) is 5.18. The first-order valence-electron chi connectivity index (χ1n) is 7.90. The molecule has 23 heavy (non-hydrogen) atoms. The van der Waals surface area contributed by atoms with Gasteiger partial charge in [0, 0.05) is 31.7 Å². The molecule has 0 aliphatic carbocycles. The summed E-state index contributed by atoms with van der Waals surface area (Å²) in [6.45, 7) is 3.47. The molecule has 2 aliphatic rings. The first-order valence-corrected chi connectivity index (χ1v) is 7.90. The van der Waals surface area contributed by atoms with Crippen LogP contribution in [0.5, 0.6) is 0 Å². The molecule has 2 atom stereocenters. The van der Waals surface area contributed by atoms with Crippen LogP contribution in [0.3, 0.4) is 0 Å². The predicted molar refractivity (Wildman–Crippen MR) is 101 cm³/mol. The monoisotopic (exact) mass is 350 g/mol. The Labute approximate surface area is 151 Å². The molecule has 2 aromatic carbocycles. The zero-order valence-electron chi connectivity index (χ0n) is 13.4. The number of hydrogen-bond donors (Lipinski definition) is 0. The van der Waals surface area contributed by atoms with Gasteiger partial charge >= 0.3 is 0 Å². The number of piperazine rings is 1. The molecule has 2 aliphatic heterocycles. The van der Waals surface area contributed by atoms with Gasteiger partial charge in [-0.1, -0.05) is 54.6 Å². The van der Waals surface area contributed by atoms with Gasteiger partial charge in [-0.05, 0) is 30.2 Å². The van der Waals surface area contributed by atoms with Crippen molar-refractivity contribution in [3.63, 3.8) is 0 Å². The molecule has 2 nitrogen and oxygen atoms in total. The van der Waals surface area contributed by atoms with E-state index in [0.29, 0.717) is 12.1 Å². The number of rotatable bonds is 1. The quantitative estimate of drug-likeness (QED) is 0.763. The van der Waals surface area contributed by atoms with E-state index in [1.807, 2.05) is 0 Å². The lowest BCUT2D eigenvalue weighted by Crippen LogP contribution is -2.50. The molecule has 0 amide bonds. The van der Waals surface area contributed by atoms with Crippen molar-refractivity contribution in [2.45, 2.75) is 18.5 Å². The van der Waals surface area contributed by atoms with Crippen LogP contribution in [0.4, 0.5) is 0 Å². The summed E-state index contributed by atoms with van der Waals surface area (Å²) >= 11 is 0. The summed E-state index contributed by atoms with van der Waals surface area (Å²) in [5.41, 5.74) is 4.53. The SMILES string of the molecule is CN1CCN2[C@@H](c3ccccc3)Cc3ccccc3[C@H]2C1.Cl.Cl. The highest BCUT2D eigenvalue weighted by atomic mass is 35.5. The van der Waals surface area contributed by atoms with Crippen molar-refractivity contribution in [1.29, 1.82) is 0 Å². The molecule has 4 rings (SSSR count). The number of nitrogens with zero attached hydrogens (tertiary/aromatic N) is 2. The van der Waals surface area contributed by atoms with Gasteiger partial charge in [-0.25, -0.2) is 0 Å². The Morgan fingerprint density at radius 3 is 2.30 bits per heavy atom. The van der Waals surface area contributed by atoms with Crippen LogP contribution in [0.2, 0.25) is 0 Å². The van der Waals surface area contributed by atoms with Crippen molar-refractivity contribution in [2.24, 2.45) is 0 Å². The molecule has 0 radical (unpaired) electrons. The summed E-state index contributed by atoms with van der Waals surface area (Å²) in [6.07, 6.45) is 1.14. The molecule has 0 saturated carbocycles. The first-order chi connectivity index (χ1) is 10.3. The minimum atomic E-state index is 0. The second-order valence-electron chi connectivity index (χ2n) is 6.35. The molecule has 1 fully saturated rings. The number of likely N-dealkylation sites (N-methyl/N-ethyl adjacent to an activating group) is 1. The van der Waals surface area contributed by atoms with Crippen LogP contribution < -0.4 is 0 Å². The molecular formula is C19H24Cl2N2. The molecule has 0 bridgehead atoms. The highest BCUT2D eigenvalue weighted by Crippen LogP contribution is 2.41. The highest BCUT2D eigenvalue weighted by molar-refractivity contribution is 5.85. The largest absolute Gasteiger partial charge is 0.303 e. The third-order valence-electron chi connectivity index (χ3n) is 5.04. The molecular weight excluding hydrogens is 327 g/mol. The normalized spacial score (nSPS) is 23.9. The number of fused-ring (bicyclic) bond motifs is 3. The number of benzene rings is 2. The molecule has 0 aromatic heterocycles. The average molecular weight is 351 g/mol. The van der Waals surface area contributed by atoms with Crippen molar-refractivity contribution in [3.8, 4) is 0 Å². The van der Waals surface area contributed by atoms with Gasteiger partial charge in [-0.15, -0.1) is 24.8 Å². The van der Waals surface area contributed by atoms with E-state index in [1.54, 1.807) is 0 Å². The van der Waals surface area contributed by atoms with Gasteiger partial charge < -0.3 is 4.90 Å². The smallest absolute Gasteiger partial charge is 0.0484 e. The Morgan fingerprint density at radius 2 is 1.52 bits per heavy atom. The molecule has 1 saturated heterocycles. The lowest BCUT2D eigenvalue weighted by atomic mass is 9.84. The molecule has 0 spiro atoms. The zero-order chi connectivity index (χ0) is 14.2. The zero-order valence-corrected chi connectivity index (χ0v) is 15.0. The summed E-state index contributed by atoms with van der Waals surface area (Å²) < 4.78 is 0. The van der Waals surface area contributed by atoms with E-state index in [9.17, 15) is 0 Å². The standard InChI is InChI=1S/C19H22N2.2ClH/c1-20-11-12-21-18(15-7-3-2-4-8-15)13-16-9-5-6-10-17(16)19(21)14-20;;/h2-10,18-19H,11-14H2,1H3;2*1H/t18-,19-;;/m1../s1. The van der Waals surface area contributed by atoms with Gasteiger partial charge in [0.1, 0.15) is 0 Å². The summed E-state index contributed by atoms with van der Waals surface area (Å²) in [6, 6.07) is 21.1. The van der Waals surface area contributed by atoms with Crippen LogP contribution >= 0.6 is 24.8 Å². The first kappa shape index (κ1) is 18.3. The van der Waals surface area contributed by atoms with Gasteiger partial charge in [0.25, 0.3) is 0 Å². The van der Waals surface area contributed by atoms with E-state index in [0.717, 1.165) is 19.5 Å². The topological polar surface area (TPSA) is 6.48 Å². The van der Waals surface area contributed by atoms with Crippen molar-refractivity contribution in [2.75, 3.05) is 26.7 Å². The molecule has 124 valence electrons. The minimum absolute atomic E-state index is 0. The lowest BCUT2D eigenvalue weighted by molar-refractivity contribution is 0.0404. The van der Waals surface area contributed by atoms with Crippen LogP contribution in [0.1, 0.15) is 28.8 Å². The van der Waals surface area contributed by atoms with Crippen molar-refractivity contribution in [1.82, 2.24) is 9.80 Å². The summed E-state index contributed by atoms with van der Waals surface area (Å²) in [7, 11) is 2.24. The van der Waals surface area contributed by atoms with Crippen molar-refractivity contribution >= 4 is 24.8 Å². The van der Waals surface area contributed by atoms with Gasteiger partial charge in [0.05, 0.1) is 0 Å². The second kappa shape index (κ2) is 7.67. The van der Waals surface area contributed by atoms with Crippen molar-refractivity contribution in [3.05, 3.63) is 71.3 Å². The Hall–Kier alpha value is -1.06. The lowest BCUT2D eigenvalue weighted by Gasteiger charge is -2.48. The van der Waals surface area contributed by atoms with Gasteiger partial charge in [-0.2, -0.15) is 0 Å². The maximum absolute atomic E-state index is 2.72. The predicted octanol–water partition coefficient (Wildman–Crippen LogP) is 4.12. The summed E-state index contributed by atoms with van der Waals surface area (Å²) in [5, 5.41) is 0. The van der Waals surface area contributed by atoms with Crippen molar-refractivity contribution < 1.29 is 0 Å². The van der Waals surface area contributed by atoms with E-state index in [2.05, 4.69) is 71.4 Å². The fourth-order valence-electron chi connectivity index (χ4n) is 3.94. The van der Waals surface area contributed by atoms with Crippen LogP contribution in [0.25, 0.3) is 0 Å². The number of halogens is 2. The van der Waals surface area contributed by atoms with E-state index in [1.165, 1.54) is 23.2 Å². The second-order valence-corrected chi connectivity index (χ2v) is 6.35. The van der Waals surface area contributed by atoms with Crippen LogP contribution in [0, 0.1) is 0 Å². The van der Waals surface area contributed by atoms with E-state index < -0.39 is 0 Å². The Kier molecular flexibility index (Phi) is 6.10. The number of hydrogen-bond acceptors (Lipinski definition) is 2. The Morgan fingerprint density at radius 1 is 0.826 bits per heavy atom. The van der Waals surface area contributed by atoms with Gasteiger partial charge in [-0.3, -0.25) is 4.90 Å². The molecule has 2 aromatic rings. The Balaban J connectivity index is 0.000000960. The van der Waals surface area contributed by atoms with Crippen LogP contribution in [0.15, 0.2) is 54.6 Å². The maximum Gasteiger partial charge on any atom is 0.0484 e. The fourth-order valence-corrected chi connectivity index (χ4v) is 3.94. The third-order valence-corrected chi connectivity index (χ3v) is 5.04. The molecule has 2 heterocycles. The van der Waals surface area contributed by atoms with E-state index in [4.69, 9.17) is 0 Å². The molecule has 4 heteroatoms. The van der Waals surface area contributed by atoms with Crippen LogP contribution in [-0.2, 0) is 6.42 Å². The van der Waals surface area contributed by atoms with Gasteiger partial charge in [0.15, 0.2) is 0 Å². The fraction of sp³-hybridized carbons (Fsp3) is 0.368. The summed E-state index contributed by atoms with van der Waals surface area (Å²) in [5.74, 6) is 0. The molecule has 0 N–H and O–H groups in total. The van der Waals surface area contributed by atoms with E-state index in [-0.39, 0.29) is 24.8 Å². The van der Waals surface area contributed by atoms with Crippen LogP contribution in [-0.4, -0.2) is 36.5 Å². The Bertz CT molecular complexity index is 632. The highest BCUT2D eigenvalue weighted by Gasteiger charge is 2.37.